The molecule has 1 aliphatic rings. The zero-order valence-electron chi connectivity index (χ0n) is 10.7. The molecule has 0 atom stereocenters. The third kappa shape index (κ3) is 2.44. The largest absolute Gasteiger partial charge is 0.476 e. The molecule has 1 N–H and O–H groups in total. The van der Waals surface area contributed by atoms with Crippen LogP contribution in [0.4, 0.5) is 0 Å². The lowest BCUT2D eigenvalue weighted by Gasteiger charge is -2.34. The van der Waals surface area contributed by atoms with E-state index in [4.69, 9.17) is 5.11 Å². The van der Waals surface area contributed by atoms with Crippen molar-refractivity contribution in [2.75, 3.05) is 0 Å². The van der Waals surface area contributed by atoms with E-state index in [9.17, 15) is 9.59 Å². The van der Waals surface area contributed by atoms with Crippen molar-refractivity contribution in [3.63, 3.8) is 0 Å². The smallest absolute Gasteiger partial charge is 0.357 e. The average Bonchev–Trinajstić information content (AvgIpc) is 2.73. The summed E-state index contributed by atoms with van der Waals surface area (Å²) in [7, 11) is 0. The number of hydrogen-bond donors (Lipinski definition) is 1. The third-order valence-electron chi connectivity index (χ3n) is 3.77. The van der Waals surface area contributed by atoms with Crippen LogP contribution in [0.1, 0.15) is 66.4 Å². The molecule has 0 unspecified atom stereocenters. The minimum atomic E-state index is -1.15. The lowest BCUT2D eigenvalue weighted by atomic mass is 9.76. The Balaban J connectivity index is 2.20. The van der Waals surface area contributed by atoms with E-state index < -0.39 is 5.97 Å². The molecule has 0 aromatic carbocycles. The molecular weight excluding hydrogens is 232 g/mol. The first-order valence-corrected chi connectivity index (χ1v) is 6.20. The molecule has 2 rings (SSSR count). The van der Waals surface area contributed by atoms with Gasteiger partial charge in [0.15, 0.2) is 12.0 Å². The lowest BCUT2D eigenvalue weighted by Crippen LogP contribution is -2.23. The molecule has 0 saturated heterocycles. The highest BCUT2D eigenvalue weighted by atomic mass is 16.4. The highest BCUT2D eigenvalue weighted by Gasteiger charge is 2.29. The Morgan fingerprint density at radius 1 is 1.50 bits per heavy atom. The number of nitrogens with zero attached hydrogens (tertiary/aromatic N) is 2. The summed E-state index contributed by atoms with van der Waals surface area (Å²) in [6, 6.07) is 0.213. The van der Waals surface area contributed by atoms with Crippen molar-refractivity contribution < 1.29 is 14.7 Å². The topological polar surface area (TPSA) is 72.2 Å². The molecule has 0 radical (unpaired) electrons. The van der Waals surface area contributed by atoms with E-state index in [1.807, 2.05) is 0 Å². The van der Waals surface area contributed by atoms with Gasteiger partial charge in [-0.1, -0.05) is 13.8 Å². The van der Waals surface area contributed by atoms with Crippen LogP contribution in [0.25, 0.3) is 0 Å². The minimum absolute atomic E-state index is 0.144. The van der Waals surface area contributed by atoms with E-state index in [0.717, 1.165) is 25.7 Å². The zero-order valence-corrected chi connectivity index (χ0v) is 10.7. The number of carboxylic acid groups (broad SMARTS) is 1. The Morgan fingerprint density at radius 3 is 2.56 bits per heavy atom. The van der Waals surface area contributed by atoms with Gasteiger partial charge in [-0.15, -0.1) is 0 Å². The summed E-state index contributed by atoms with van der Waals surface area (Å²) in [5.74, 6) is -1.15. The summed E-state index contributed by atoms with van der Waals surface area (Å²) in [5, 5.41) is 13.0. The molecule has 1 aromatic heterocycles. The van der Waals surface area contributed by atoms with Crippen LogP contribution in [0.5, 0.6) is 0 Å². The van der Waals surface area contributed by atoms with E-state index in [2.05, 4.69) is 18.9 Å². The van der Waals surface area contributed by atoms with Gasteiger partial charge in [-0.2, -0.15) is 5.10 Å². The van der Waals surface area contributed by atoms with E-state index in [0.29, 0.717) is 11.7 Å². The van der Waals surface area contributed by atoms with Crippen molar-refractivity contribution in [3.05, 3.63) is 17.5 Å². The predicted octanol–water partition coefficient (Wildman–Crippen LogP) is 2.54. The van der Waals surface area contributed by atoms with Crippen molar-refractivity contribution >= 4 is 12.3 Å². The van der Waals surface area contributed by atoms with Gasteiger partial charge in [0, 0.05) is 6.20 Å². The number of carbonyl (C=O) groups is 2. The lowest BCUT2D eigenvalue weighted by molar-refractivity contribution is 0.0685. The van der Waals surface area contributed by atoms with Gasteiger partial charge in [0.2, 0.25) is 0 Å². The van der Waals surface area contributed by atoms with Gasteiger partial charge in [-0.05, 0) is 31.1 Å². The van der Waals surface area contributed by atoms with Crippen molar-refractivity contribution in [2.24, 2.45) is 5.41 Å². The SMILES string of the molecule is CC1(C)CCC(n2cc(C=O)c(C(=O)O)n2)CC1. The van der Waals surface area contributed by atoms with Gasteiger partial charge in [0.25, 0.3) is 0 Å². The third-order valence-corrected chi connectivity index (χ3v) is 3.77. The van der Waals surface area contributed by atoms with Crippen LogP contribution in [0.3, 0.4) is 0 Å². The molecular formula is C13H18N2O3. The van der Waals surface area contributed by atoms with Gasteiger partial charge in [0.1, 0.15) is 0 Å². The second-order valence-electron chi connectivity index (χ2n) is 5.73. The fourth-order valence-electron chi connectivity index (χ4n) is 2.49. The van der Waals surface area contributed by atoms with Crippen LogP contribution < -0.4 is 0 Å². The Labute approximate surface area is 106 Å². The number of carbonyl (C=O) groups excluding carboxylic acids is 1. The molecule has 0 bridgehead atoms. The molecule has 0 aliphatic heterocycles. The van der Waals surface area contributed by atoms with Crippen LogP contribution >= 0.6 is 0 Å². The maximum Gasteiger partial charge on any atom is 0.357 e. The van der Waals surface area contributed by atoms with E-state index in [1.165, 1.54) is 0 Å². The number of carboxylic acids is 1. The van der Waals surface area contributed by atoms with Crippen molar-refractivity contribution in [1.82, 2.24) is 9.78 Å². The fourth-order valence-corrected chi connectivity index (χ4v) is 2.49. The van der Waals surface area contributed by atoms with Gasteiger partial charge in [0.05, 0.1) is 11.6 Å². The second-order valence-corrected chi connectivity index (χ2v) is 5.73. The quantitative estimate of drug-likeness (QED) is 0.837. The van der Waals surface area contributed by atoms with E-state index in [1.54, 1.807) is 10.9 Å². The maximum absolute atomic E-state index is 10.9. The Morgan fingerprint density at radius 2 is 2.11 bits per heavy atom. The summed E-state index contributed by atoms with van der Waals surface area (Å²) in [5.41, 5.74) is 0.370. The standard InChI is InChI=1S/C13H18N2O3/c1-13(2)5-3-10(4-6-13)15-7-9(8-16)11(14-15)12(17)18/h7-8,10H,3-6H2,1-2H3,(H,17,18). The van der Waals surface area contributed by atoms with Crippen molar-refractivity contribution in [2.45, 2.75) is 45.6 Å². The molecule has 1 fully saturated rings. The van der Waals surface area contributed by atoms with Gasteiger partial charge in [-0.3, -0.25) is 9.48 Å². The highest BCUT2D eigenvalue weighted by Crippen LogP contribution is 2.39. The molecule has 0 amide bonds. The molecule has 0 spiro atoms. The molecule has 5 heteroatoms. The van der Waals surface area contributed by atoms with E-state index >= 15 is 0 Å². The van der Waals surface area contributed by atoms with Gasteiger partial charge >= 0.3 is 5.97 Å². The van der Waals surface area contributed by atoms with Crippen LogP contribution in [0.2, 0.25) is 0 Å². The molecule has 5 nitrogen and oxygen atoms in total. The second kappa shape index (κ2) is 4.55. The van der Waals surface area contributed by atoms with Gasteiger partial charge in [-0.25, -0.2) is 4.79 Å². The van der Waals surface area contributed by atoms with Crippen LogP contribution in [-0.2, 0) is 0 Å². The maximum atomic E-state index is 10.9. The number of aldehydes is 1. The summed E-state index contributed by atoms with van der Waals surface area (Å²) in [4.78, 5) is 21.8. The van der Waals surface area contributed by atoms with Crippen molar-refractivity contribution in [1.29, 1.82) is 0 Å². The molecule has 98 valence electrons. The molecule has 18 heavy (non-hydrogen) atoms. The van der Waals surface area contributed by atoms with Crippen LogP contribution in [-0.4, -0.2) is 27.1 Å². The summed E-state index contributed by atoms with van der Waals surface area (Å²) in [6.07, 6.45) is 6.25. The van der Waals surface area contributed by atoms with Crippen molar-refractivity contribution in [3.8, 4) is 0 Å². The molecule has 1 saturated carbocycles. The molecule has 1 aromatic rings. The monoisotopic (exact) mass is 250 g/mol. The summed E-state index contributed by atoms with van der Waals surface area (Å²) >= 11 is 0. The minimum Gasteiger partial charge on any atom is -0.476 e. The fraction of sp³-hybridized carbons (Fsp3) is 0.615. The summed E-state index contributed by atoms with van der Waals surface area (Å²) in [6.45, 7) is 4.48. The van der Waals surface area contributed by atoms with Crippen LogP contribution in [0.15, 0.2) is 6.20 Å². The molecule has 1 aliphatic carbocycles. The predicted molar refractivity (Wildman–Crippen MR) is 65.9 cm³/mol. The zero-order chi connectivity index (χ0) is 13.3. The average molecular weight is 250 g/mol. The summed E-state index contributed by atoms with van der Waals surface area (Å²) < 4.78 is 1.66. The number of hydrogen-bond acceptors (Lipinski definition) is 3. The Bertz CT molecular complexity index is 467. The Hall–Kier alpha value is -1.65. The highest BCUT2D eigenvalue weighted by molar-refractivity contribution is 5.95. The van der Waals surface area contributed by atoms with Gasteiger partial charge < -0.3 is 5.11 Å². The van der Waals surface area contributed by atoms with E-state index in [-0.39, 0.29) is 17.3 Å². The number of rotatable bonds is 3. The Kier molecular flexibility index (Phi) is 3.24. The number of aromatic carboxylic acids is 1. The first kappa shape index (κ1) is 12.8. The number of aromatic nitrogens is 2. The van der Waals surface area contributed by atoms with Crippen LogP contribution in [0, 0.1) is 5.41 Å². The first-order chi connectivity index (χ1) is 8.43. The first-order valence-electron chi connectivity index (χ1n) is 6.20. The molecule has 1 heterocycles. The normalized spacial score (nSPS) is 19.7.